The lowest BCUT2D eigenvalue weighted by atomic mass is 9.93. The lowest BCUT2D eigenvalue weighted by Gasteiger charge is -2.12. The van der Waals surface area contributed by atoms with Crippen LogP contribution in [0.4, 0.5) is 8.78 Å². The molecule has 2 N–H and O–H groups in total. The molecule has 0 saturated heterocycles. The van der Waals surface area contributed by atoms with Gasteiger partial charge in [-0.2, -0.15) is 0 Å². The zero-order valence-electron chi connectivity index (χ0n) is 9.17. The third kappa shape index (κ3) is 2.85. The molecule has 1 unspecified atom stereocenters. The van der Waals surface area contributed by atoms with E-state index in [0.717, 1.165) is 24.6 Å². The van der Waals surface area contributed by atoms with Crippen molar-refractivity contribution in [1.82, 2.24) is 0 Å². The number of benzene rings is 1. The summed E-state index contributed by atoms with van der Waals surface area (Å²) < 4.78 is 26.2. The minimum absolute atomic E-state index is 0.155. The van der Waals surface area contributed by atoms with E-state index >= 15 is 0 Å². The second-order valence-electron chi connectivity index (χ2n) is 3.71. The number of ketones is 1. The number of carbonyl (C=O) groups excluding carboxylic acids is 1. The molecule has 1 rings (SSSR count). The molecule has 2 nitrogen and oxygen atoms in total. The molecule has 0 heterocycles. The quantitative estimate of drug-likeness (QED) is 0.785. The minimum atomic E-state index is -0.694. The van der Waals surface area contributed by atoms with Gasteiger partial charge in [0.25, 0.3) is 0 Å². The van der Waals surface area contributed by atoms with Crippen LogP contribution >= 0.6 is 0 Å². The van der Waals surface area contributed by atoms with E-state index < -0.39 is 23.3 Å². The van der Waals surface area contributed by atoms with Gasteiger partial charge < -0.3 is 5.73 Å². The van der Waals surface area contributed by atoms with E-state index in [0.29, 0.717) is 6.42 Å². The summed E-state index contributed by atoms with van der Waals surface area (Å²) in [5, 5.41) is 0. The first-order chi connectivity index (χ1) is 7.60. The van der Waals surface area contributed by atoms with Gasteiger partial charge in [0, 0.05) is 12.5 Å². The van der Waals surface area contributed by atoms with Crippen molar-refractivity contribution >= 4 is 5.78 Å². The molecule has 0 amide bonds. The highest BCUT2D eigenvalue weighted by Gasteiger charge is 2.21. The first-order valence-electron chi connectivity index (χ1n) is 5.29. The van der Waals surface area contributed by atoms with E-state index in [-0.39, 0.29) is 12.1 Å². The topological polar surface area (TPSA) is 43.1 Å². The van der Waals surface area contributed by atoms with Gasteiger partial charge in [-0.05, 0) is 24.6 Å². The highest BCUT2D eigenvalue weighted by molar-refractivity contribution is 5.98. The summed E-state index contributed by atoms with van der Waals surface area (Å²) >= 11 is 0. The molecule has 0 fully saturated rings. The Morgan fingerprint density at radius 1 is 1.44 bits per heavy atom. The predicted octanol–water partition coefficient (Wildman–Crippen LogP) is 2.52. The SMILES string of the molecule is CCCC(CN)C(=O)c1cc(F)ccc1F. The Balaban J connectivity index is 2.98. The molecule has 0 aliphatic carbocycles. The summed E-state index contributed by atoms with van der Waals surface area (Å²) in [5.41, 5.74) is 5.24. The monoisotopic (exact) mass is 227 g/mol. The first kappa shape index (κ1) is 12.8. The molecule has 0 radical (unpaired) electrons. The molecule has 1 atom stereocenters. The number of Topliss-reactive ketones (excluding diaryl/α,β-unsaturated/α-hetero) is 1. The molecule has 16 heavy (non-hydrogen) atoms. The Hall–Kier alpha value is -1.29. The van der Waals surface area contributed by atoms with Crippen LogP contribution in [0.25, 0.3) is 0 Å². The number of rotatable bonds is 5. The predicted molar refractivity (Wildman–Crippen MR) is 58.1 cm³/mol. The average molecular weight is 227 g/mol. The van der Waals surface area contributed by atoms with E-state index in [4.69, 9.17) is 5.73 Å². The second-order valence-corrected chi connectivity index (χ2v) is 3.71. The maximum Gasteiger partial charge on any atom is 0.170 e. The second kappa shape index (κ2) is 5.70. The van der Waals surface area contributed by atoms with Crippen LogP contribution in [0, 0.1) is 17.6 Å². The molecule has 88 valence electrons. The third-order valence-corrected chi connectivity index (χ3v) is 2.49. The van der Waals surface area contributed by atoms with E-state index in [2.05, 4.69) is 0 Å². The van der Waals surface area contributed by atoms with Crippen molar-refractivity contribution in [3.8, 4) is 0 Å². The molecule has 1 aromatic carbocycles. The Labute approximate surface area is 93.5 Å². The minimum Gasteiger partial charge on any atom is -0.330 e. The number of carbonyl (C=O) groups is 1. The average Bonchev–Trinajstić information content (AvgIpc) is 2.28. The fraction of sp³-hybridized carbons (Fsp3) is 0.417. The summed E-state index contributed by atoms with van der Waals surface area (Å²) in [6.07, 6.45) is 1.37. The summed E-state index contributed by atoms with van der Waals surface area (Å²) in [7, 11) is 0. The Kier molecular flexibility index (Phi) is 4.55. The fourth-order valence-electron chi connectivity index (χ4n) is 1.61. The van der Waals surface area contributed by atoms with Gasteiger partial charge in [-0.1, -0.05) is 13.3 Å². The summed E-state index contributed by atoms with van der Waals surface area (Å²) in [6.45, 7) is 2.07. The van der Waals surface area contributed by atoms with E-state index in [9.17, 15) is 13.6 Å². The fourth-order valence-corrected chi connectivity index (χ4v) is 1.61. The molecular weight excluding hydrogens is 212 g/mol. The van der Waals surface area contributed by atoms with E-state index in [1.165, 1.54) is 0 Å². The molecule has 0 saturated carbocycles. The standard InChI is InChI=1S/C12H15F2NO/c1-2-3-8(7-15)12(16)10-6-9(13)4-5-11(10)14/h4-6,8H,2-3,7,15H2,1H3. The van der Waals surface area contributed by atoms with Gasteiger partial charge in [0.15, 0.2) is 5.78 Å². The first-order valence-corrected chi connectivity index (χ1v) is 5.29. The maximum atomic E-state index is 13.3. The normalized spacial score (nSPS) is 12.5. The number of nitrogens with two attached hydrogens (primary N) is 1. The van der Waals surface area contributed by atoms with Crippen LogP contribution in [0.1, 0.15) is 30.1 Å². The number of halogens is 2. The largest absolute Gasteiger partial charge is 0.330 e. The lowest BCUT2D eigenvalue weighted by Crippen LogP contribution is -2.24. The molecular formula is C12H15F2NO. The van der Waals surface area contributed by atoms with Gasteiger partial charge in [0.2, 0.25) is 0 Å². The number of hydrogen-bond donors (Lipinski definition) is 1. The molecule has 0 spiro atoms. The third-order valence-electron chi connectivity index (χ3n) is 2.49. The molecule has 0 aliphatic heterocycles. The van der Waals surface area contributed by atoms with E-state index in [1.807, 2.05) is 6.92 Å². The van der Waals surface area contributed by atoms with Gasteiger partial charge >= 0.3 is 0 Å². The van der Waals surface area contributed by atoms with Crippen LogP contribution < -0.4 is 5.73 Å². The van der Waals surface area contributed by atoms with Crippen LogP contribution in [-0.4, -0.2) is 12.3 Å². The summed E-state index contributed by atoms with van der Waals surface area (Å²) in [5.74, 6) is -2.15. The Morgan fingerprint density at radius 3 is 2.69 bits per heavy atom. The highest BCUT2D eigenvalue weighted by atomic mass is 19.1. The Morgan fingerprint density at radius 2 is 2.12 bits per heavy atom. The number of hydrogen-bond acceptors (Lipinski definition) is 2. The highest BCUT2D eigenvalue weighted by Crippen LogP contribution is 2.17. The Bertz CT molecular complexity index is 379. The van der Waals surface area contributed by atoms with Crippen molar-refractivity contribution in [3.05, 3.63) is 35.4 Å². The smallest absolute Gasteiger partial charge is 0.170 e. The molecule has 1 aromatic rings. The van der Waals surface area contributed by atoms with Crippen molar-refractivity contribution in [1.29, 1.82) is 0 Å². The van der Waals surface area contributed by atoms with Crippen LogP contribution in [0.5, 0.6) is 0 Å². The summed E-state index contributed by atoms with van der Waals surface area (Å²) in [4.78, 5) is 11.9. The van der Waals surface area contributed by atoms with E-state index in [1.54, 1.807) is 0 Å². The summed E-state index contributed by atoms with van der Waals surface area (Å²) in [6, 6.07) is 2.88. The molecule has 0 bridgehead atoms. The lowest BCUT2D eigenvalue weighted by molar-refractivity contribution is 0.0913. The zero-order valence-corrected chi connectivity index (χ0v) is 9.17. The van der Waals surface area contributed by atoms with Gasteiger partial charge in [0.05, 0.1) is 5.56 Å². The van der Waals surface area contributed by atoms with Gasteiger partial charge in [-0.25, -0.2) is 8.78 Å². The van der Waals surface area contributed by atoms with Crippen LogP contribution in [0.2, 0.25) is 0 Å². The molecule has 4 heteroatoms. The zero-order chi connectivity index (χ0) is 12.1. The van der Waals surface area contributed by atoms with Crippen molar-refractivity contribution in [2.24, 2.45) is 11.7 Å². The van der Waals surface area contributed by atoms with Crippen LogP contribution in [0.15, 0.2) is 18.2 Å². The van der Waals surface area contributed by atoms with Crippen molar-refractivity contribution in [2.75, 3.05) is 6.54 Å². The van der Waals surface area contributed by atoms with Gasteiger partial charge in [-0.15, -0.1) is 0 Å². The molecule has 0 aliphatic rings. The maximum absolute atomic E-state index is 13.3. The van der Waals surface area contributed by atoms with Crippen molar-refractivity contribution < 1.29 is 13.6 Å². The van der Waals surface area contributed by atoms with Crippen molar-refractivity contribution in [2.45, 2.75) is 19.8 Å². The van der Waals surface area contributed by atoms with Gasteiger partial charge in [0.1, 0.15) is 11.6 Å². The molecule has 0 aromatic heterocycles. The van der Waals surface area contributed by atoms with Crippen molar-refractivity contribution in [3.63, 3.8) is 0 Å². The van der Waals surface area contributed by atoms with Crippen LogP contribution in [0.3, 0.4) is 0 Å². The van der Waals surface area contributed by atoms with Crippen LogP contribution in [-0.2, 0) is 0 Å². The van der Waals surface area contributed by atoms with Gasteiger partial charge in [-0.3, -0.25) is 4.79 Å².